The van der Waals surface area contributed by atoms with Crippen molar-refractivity contribution >= 4 is 27.6 Å². The molecule has 0 saturated carbocycles. The molecule has 0 aromatic heterocycles. The summed E-state index contributed by atoms with van der Waals surface area (Å²) in [5.41, 5.74) is -0.707. The van der Waals surface area contributed by atoms with E-state index in [9.17, 15) is 19.3 Å². The second-order valence-corrected chi connectivity index (χ2v) is 3.95. The number of benzene rings is 1. The summed E-state index contributed by atoms with van der Waals surface area (Å²) in [6.07, 6.45) is -0.463. The van der Waals surface area contributed by atoms with Crippen molar-refractivity contribution < 1.29 is 18.8 Å². The first-order valence-electron chi connectivity index (χ1n) is 4.74. The number of ether oxygens (including phenoxy) is 1. The van der Waals surface area contributed by atoms with E-state index in [0.717, 1.165) is 6.07 Å². The van der Waals surface area contributed by atoms with E-state index in [1.54, 1.807) is 6.92 Å². The molecule has 0 amide bonds. The third-order valence-corrected chi connectivity index (χ3v) is 2.61. The SMILES string of the molecule is CCOC(=O)Cc1c([N+](=O)[O-])ccc(Br)c1F. The maximum absolute atomic E-state index is 13.7. The molecule has 0 heterocycles. The third kappa shape index (κ3) is 3.23. The molecular weight excluding hydrogens is 297 g/mol. The highest BCUT2D eigenvalue weighted by molar-refractivity contribution is 9.10. The molecule has 0 N–H and O–H groups in total. The van der Waals surface area contributed by atoms with E-state index in [1.165, 1.54) is 6.07 Å². The third-order valence-electron chi connectivity index (χ3n) is 1.99. The van der Waals surface area contributed by atoms with Gasteiger partial charge in [0.15, 0.2) is 0 Å². The quantitative estimate of drug-likeness (QED) is 0.487. The van der Waals surface area contributed by atoms with Crippen LogP contribution in [0, 0.1) is 15.9 Å². The smallest absolute Gasteiger partial charge is 0.310 e. The second-order valence-electron chi connectivity index (χ2n) is 3.10. The Bertz CT molecular complexity index is 464. The average molecular weight is 306 g/mol. The number of nitrogens with zero attached hydrogens (tertiary/aromatic N) is 1. The Morgan fingerprint density at radius 2 is 2.24 bits per heavy atom. The minimum atomic E-state index is -0.813. The van der Waals surface area contributed by atoms with Crippen LogP contribution in [-0.4, -0.2) is 17.5 Å². The summed E-state index contributed by atoms with van der Waals surface area (Å²) in [6, 6.07) is 2.36. The van der Waals surface area contributed by atoms with Crippen molar-refractivity contribution in [3.05, 3.63) is 38.1 Å². The minimum absolute atomic E-state index is 0.0717. The van der Waals surface area contributed by atoms with E-state index < -0.39 is 28.8 Å². The highest BCUT2D eigenvalue weighted by Gasteiger charge is 2.23. The minimum Gasteiger partial charge on any atom is -0.466 e. The summed E-state index contributed by atoms with van der Waals surface area (Å²) in [4.78, 5) is 21.2. The fraction of sp³-hybridized carbons (Fsp3) is 0.300. The molecule has 0 aliphatic rings. The largest absolute Gasteiger partial charge is 0.466 e. The molecular formula is C10H9BrFNO4. The van der Waals surface area contributed by atoms with Gasteiger partial charge in [0.05, 0.1) is 28.0 Å². The van der Waals surface area contributed by atoms with Gasteiger partial charge in [-0.2, -0.15) is 0 Å². The van der Waals surface area contributed by atoms with Crippen molar-refractivity contribution in [1.29, 1.82) is 0 Å². The van der Waals surface area contributed by atoms with Crippen LogP contribution in [-0.2, 0) is 16.0 Å². The van der Waals surface area contributed by atoms with E-state index >= 15 is 0 Å². The standard InChI is InChI=1S/C10H9BrFNO4/c1-2-17-9(14)5-6-8(13(15)16)4-3-7(11)10(6)12/h3-4H,2,5H2,1H3. The van der Waals surface area contributed by atoms with Crippen molar-refractivity contribution in [2.45, 2.75) is 13.3 Å². The van der Waals surface area contributed by atoms with Crippen LogP contribution in [0.15, 0.2) is 16.6 Å². The first-order valence-corrected chi connectivity index (χ1v) is 5.53. The highest BCUT2D eigenvalue weighted by atomic mass is 79.9. The van der Waals surface area contributed by atoms with E-state index in [1.807, 2.05) is 0 Å². The van der Waals surface area contributed by atoms with Crippen LogP contribution < -0.4 is 0 Å². The predicted molar refractivity (Wildman–Crippen MR) is 61.1 cm³/mol. The maximum atomic E-state index is 13.7. The van der Waals surface area contributed by atoms with Crippen LogP contribution in [0.3, 0.4) is 0 Å². The molecule has 0 spiro atoms. The fourth-order valence-electron chi connectivity index (χ4n) is 1.28. The van der Waals surface area contributed by atoms with Gasteiger partial charge in [-0.15, -0.1) is 0 Å². The molecule has 0 aliphatic heterocycles. The molecule has 92 valence electrons. The van der Waals surface area contributed by atoms with Gasteiger partial charge in [0, 0.05) is 6.07 Å². The molecule has 0 saturated heterocycles. The zero-order valence-corrected chi connectivity index (χ0v) is 10.5. The molecule has 1 aromatic carbocycles. The number of hydrogen-bond donors (Lipinski definition) is 0. The highest BCUT2D eigenvalue weighted by Crippen LogP contribution is 2.28. The Morgan fingerprint density at radius 3 is 2.76 bits per heavy atom. The van der Waals surface area contributed by atoms with E-state index in [0.29, 0.717) is 0 Å². The van der Waals surface area contributed by atoms with Gasteiger partial charge < -0.3 is 4.74 Å². The lowest BCUT2D eigenvalue weighted by atomic mass is 10.1. The number of carbonyl (C=O) groups excluding carboxylic acids is 1. The number of rotatable bonds is 4. The molecule has 0 radical (unpaired) electrons. The van der Waals surface area contributed by atoms with Gasteiger partial charge in [-0.3, -0.25) is 14.9 Å². The van der Waals surface area contributed by atoms with Gasteiger partial charge in [-0.1, -0.05) is 0 Å². The first kappa shape index (κ1) is 13.6. The molecule has 0 atom stereocenters. The monoisotopic (exact) mass is 305 g/mol. The zero-order chi connectivity index (χ0) is 13.0. The van der Waals surface area contributed by atoms with Crippen molar-refractivity contribution in [3.8, 4) is 0 Å². The molecule has 0 bridgehead atoms. The van der Waals surface area contributed by atoms with Crippen LogP contribution in [0.4, 0.5) is 10.1 Å². The van der Waals surface area contributed by atoms with Gasteiger partial charge in [-0.05, 0) is 28.9 Å². The summed E-state index contributed by atoms with van der Waals surface area (Å²) >= 11 is 2.91. The lowest BCUT2D eigenvalue weighted by molar-refractivity contribution is -0.385. The zero-order valence-electron chi connectivity index (χ0n) is 8.91. The van der Waals surface area contributed by atoms with E-state index in [-0.39, 0.29) is 16.6 Å². The Kier molecular flexibility index (Phi) is 4.56. The first-order chi connectivity index (χ1) is 7.97. The number of nitro benzene ring substituents is 1. The number of carbonyl (C=O) groups is 1. The normalized spacial score (nSPS) is 10.1. The van der Waals surface area contributed by atoms with Crippen LogP contribution in [0.25, 0.3) is 0 Å². The van der Waals surface area contributed by atoms with Gasteiger partial charge in [0.25, 0.3) is 5.69 Å². The topological polar surface area (TPSA) is 69.4 Å². The second kappa shape index (κ2) is 5.72. The lowest BCUT2D eigenvalue weighted by Crippen LogP contribution is -2.11. The summed E-state index contributed by atoms with van der Waals surface area (Å²) < 4.78 is 18.4. The van der Waals surface area contributed by atoms with Gasteiger partial charge in [-0.25, -0.2) is 4.39 Å². The molecule has 1 rings (SSSR count). The van der Waals surface area contributed by atoms with Crippen LogP contribution in [0.2, 0.25) is 0 Å². The number of halogens is 2. The summed E-state index contributed by atoms with van der Waals surface area (Å²) in [5.74, 6) is -1.51. The molecule has 5 nitrogen and oxygen atoms in total. The van der Waals surface area contributed by atoms with Gasteiger partial charge in [0.2, 0.25) is 0 Å². The summed E-state index contributed by atoms with van der Waals surface area (Å²) in [7, 11) is 0. The number of hydrogen-bond acceptors (Lipinski definition) is 4. The predicted octanol–water partition coefficient (Wildman–Crippen LogP) is 2.60. The lowest BCUT2D eigenvalue weighted by Gasteiger charge is -2.05. The van der Waals surface area contributed by atoms with Gasteiger partial charge >= 0.3 is 5.97 Å². The van der Waals surface area contributed by atoms with Crippen molar-refractivity contribution in [2.24, 2.45) is 0 Å². The van der Waals surface area contributed by atoms with Crippen molar-refractivity contribution in [1.82, 2.24) is 0 Å². The van der Waals surface area contributed by atoms with E-state index in [4.69, 9.17) is 0 Å². The maximum Gasteiger partial charge on any atom is 0.310 e. The number of nitro groups is 1. The average Bonchev–Trinajstić information content (AvgIpc) is 2.25. The number of esters is 1. The Labute approximate surface area is 105 Å². The molecule has 0 unspecified atom stereocenters. The van der Waals surface area contributed by atoms with Crippen LogP contribution >= 0.6 is 15.9 Å². The fourth-order valence-corrected chi connectivity index (χ4v) is 1.65. The Balaban J connectivity index is 3.14. The summed E-state index contributed by atoms with van der Waals surface area (Å²) in [6.45, 7) is 1.74. The molecule has 7 heteroatoms. The Hall–Kier alpha value is -1.50. The molecule has 0 aliphatic carbocycles. The van der Waals surface area contributed by atoms with E-state index in [2.05, 4.69) is 20.7 Å². The molecule has 1 aromatic rings. The van der Waals surface area contributed by atoms with Crippen LogP contribution in [0.1, 0.15) is 12.5 Å². The van der Waals surface area contributed by atoms with Crippen molar-refractivity contribution in [3.63, 3.8) is 0 Å². The summed E-state index contributed by atoms with van der Waals surface area (Å²) in [5, 5.41) is 10.7. The van der Waals surface area contributed by atoms with Crippen molar-refractivity contribution in [2.75, 3.05) is 6.61 Å². The molecule has 17 heavy (non-hydrogen) atoms. The van der Waals surface area contributed by atoms with Gasteiger partial charge in [0.1, 0.15) is 5.82 Å². The Morgan fingerprint density at radius 1 is 1.59 bits per heavy atom. The molecule has 0 fully saturated rings. The van der Waals surface area contributed by atoms with Crippen LogP contribution in [0.5, 0.6) is 0 Å².